The summed E-state index contributed by atoms with van der Waals surface area (Å²) in [7, 11) is 0. The Labute approximate surface area is 162 Å². The van der Waals surface area contributed by atoms with Crippen LogP contribution >= 0.6 is 0 Å². The summed E-state index contributed by atoms with van der Waals surface area (Å²) in [5.41, 5.74) is 8.16. The minimum atomic E-state index is -0.542. The average Bonchev–Trinajstić information content (AvgIpc) is 3.13. The predicted molar refractivity (Wildman–Crippen MR) is 108 cm³/mol. The first-order valence-electron chi connectivity index (χ1n) is 10.3. The molecule has 0 radical (unpaired) electrons. The Morgan fingerprint density at radius 2 is 2.00 bits per heavy atom. The van der Waals surface area contributed by atoms with Crippen LogP contribution < -0.4 is 11.1 Å². The van der Waals surface area contributed by atoms with Gasteiger partial charge in [-0.25, -0.2) is 4.98 Å². The Morgan fingerprint density at radius 1 is 1.22 bits per heavy atom. The Bertz CT molecular complexity index is 691. The van der Waals surface area contributed by atoms with Gasteiger partial charge in [0.2, 0.25) is 5.91 Å². The van der Waals surface area contributed by atoms with E-state index in [1.165, 1.54) is 44.1 Å². The number of aromatic nitrogens is 2. The molecule has 0 spiro atoms. The number of benzene rings is 1. The number of imidazole rings is 1. The number of carbonyl (C=O) groups excluding carboxylic acids is 1. The van der Waals surface area contributed by atoms with Crippen molar-refractivity contribution in [2.45, 2.75) is 64.0 Å². The van der Waals surface area contributed by atoms with Gasteiger partial charge in [0.15, 0.2) is 0 Å². The third-order valence-electron chi connectivity index (χ3n) is 5.47. The van der Waals surface area contributed by atoms with Crippen molar-refractivity contribution in [2.24, 2.45) is 11.7 Å². The largest absolute Gasteiger partial charge is 0.355 e. The number of nitrogens with one attached hydrogen (secondary N) is 1. The second-order valence-corrected chi connectivity index (χ2v) is 7.77. The van der Waals surface area contributed by atoms with Gasteiger partial charge in [0, 0.05) is 25.7 Å². The molecule has 1 heterocycles. The van der Waals surface area contributed by atoms with Crippen molar-refractivity contribution in [3.8, 4) is 0 Å². The molecule has 1 fully saturated rings. The minimum Gasteiger partial charge on any atom is -0.355 e. The highest BCUT2D eigenvalue weighted by atomic mass is 16.2. The summed E-state index contributed by atoms with van der Waals surface area (Å²) < 4.78 is 2.03. The number of carbonyl (C=O) groups is 1. The van der Waals surface area contributed by atoms with E-state index >= 15 is 0 Å². The highest BCUT2D eigenvalue weighted by molar-refractivity contribution is 5.81. The van der Waals surface area contributed by atoms with Gasteiger partial charge in [-0.05, 0) is 24.3 Å². The first-order valence-corrected chi connectivity index (χ1v) is 10.3. The zero-order valence-corrected chi connectivity index (χ0v) is 16.1. The number of nitrogens with zero attached hydrogens (tertiary/aromatic N) is 2. The summed E-state index contributed by atoms with van der Waals surface area (Å²) in [6, 6.07) is 9.71. The van der Waals surface area contributed by atoms with E-state index < -0.39 is 6.04 Å². The lowest BCUT2D eigenvalue weighted by molar-refractivity contribution is -0.122. The van der Waals surface area contributed by atoms with Crippen LogP contribution in [0.5, 0.6) is 0 Å². The standard InChI is InChI=1S/C22H32N4O/c23-21(22(27)24-13-7-12-18-8-3-1-4-9-18)14-20-16-26(17-25-20)15-19-10-5-2-6-11-19/h2,5-6,10-11,16-18,21H,1,3-4,7-9,12-15,23H2,(H,24,27)/t21-/m0/s1. The van der Waals surface area contributed by atoms with Crippen LogP contribution in [0.3, 0.4) is 0 Å². The number of hydrogen-bond donors (Lipinski definition) is 2. The molecular formula is C22H32N4O. The summed E-state index contributed by atoms with van der Waals surface area (Å²) in [6.07, 6.45) is 13.4. The fraction of sp³-hybridized carbons (Fsp3) is 0.545. The van der Waals surface area contributed by atoms with Gasteiger partial charge >= 0.3 is 0 Å². The molecule has 1 aliphatic rings. The fourth-order valence-corrected chi connectivity index (χ4v) is 3.92. The molecule has 1 amide bonds. The minimum absolute atomic E-state index is 0.0729. The monoisotopic (exact) mass is 368 g/mol. The molecule has 0 saturated heterocycles. The molecule has 1 aromatic heterocycles. The molecule has 0 aliphatic heterocycles. The molecule has 146 valence electrons. The van der Waals surface area contributed by atoms with Crippen LogP contribution in [-0.2, 0) is 17.8 Å². The fourth-order valence-electron chi connectivity index (χ4n) is 3.92. The normalized spacial score (nSPS) is 16.2. The van der Waals surface area contributed by atoms with Gasteiger partial charge in [-0.2, -0.15) is 0 Å². The Hall–Kier alpha value is -2.14. The van der Waals surface area contributed by atoms with Gasteiger partial charge < -0.3 is 15.6 Å². The van der Waals surface area contributed by atoms with E-state index in [-0.39, 0.29) is 5.91 Å². The van der Waals surface area contributed by atoms with Crippen LogP contribution in [0.25, 0.3) is 0 Å². The average molecular weight is 369 g/mol. The van der Waals surface area contributed by atoms with Crippen molar-refractivity contribution >= 4 is 5.91 Å². The van der Waals surface area contributed by atoms with Gasteiger partial charge in [0.25, 0.3) is 0 Å². The van der Waals surface area contributed by atoms with Gasteiger partial charge in [0.1, 0.15) is 0 Å². The maximum Gasteiger partial charge on any atom is 0.237 e. The van der Waals surface area contributed by atoms with Crippen molar-refractivity contribution in [3.63, 3.8) is 0 Å². The molecule has 5 nitrogen and oxygen atoms in total. The van der Waals surface area contributed by atoms with Crippen molar-refractivity contribution in [2.75, 3.05) is 6.54 Å². The number of amides is 1. The second-order valence-electron chi connectivity index (χ2n) is 7.77. The predicted octanol–water partition coefficient (Wildman–Crippen LogP) is 3.28. The number of hydrogen-bond acceptors (Lipinski definition) is 3. The second kappa shape index (κ2) is 10.3. The summed E-state index contributed by atoms with van der Waals surface area (Å²) in [6.45, 7) is 1.50. The van der Waals surface area contributed by atoms with E-state index in [1.807, 2.05) is 29.0 Å². The molecule has 5 heteroatoms. The topological polar surface area (TPSA) is 72.9 Å². The highest BCUT2D eigenvalue weighted by Crippen LogP contribution is 2.26. The molecule has 3 rings (SSSR count). The number of nitrogens with two attached hydrogens (primary N) is 1. The van der Waals surface area contributed by atoms with Crippen molar-refractivity contribution in [1.29, 1.82) is 0 Å². The molecule has 27 heavy (non-hydrogen) atoms. The lowest BCUT2D eigenvalue weighted by Crippen LogP contribution is -2.42. The lowest BCUT2D eigenvalue weighted by atomic mass is 9.86. The third-order valence-corrected chi connectivity index (χ3v) is 5.47. The smallest absolute Gasteiger partial charge is 0.237 e. The van der Waals surface area contributed by atoms with E-state index in [4.69, 9.17) is 5.73 Å². The quantitative estimate of drug-likeness (QED) is 0.667. The number of rotatable bonds is 9. The molecule has 0 unspecified atom stereocenters. The Balaban J connectivity index is 1.36. The molecule has 1 atom stereocenters. The molecule has 0 bridgehead atoms. The summed E-state index contributed by atoms with van der Waals surface area (Å²) in [5.74, 6) is 0.786. The molecular weight excluding hydrogens is 336 g/mol. The molecule has 1 saturated carbocycles. The zero-order chi connectivity index (χ0) is 18.9. The van der Waals surface area contributed by atoms with Crippen molar-refractivity contribution < 1.29 is 4.79 Å². The van der Waals surface area contributed by atoms with Gasteiger partial charge in [-0.15, -0.1) is 0 Å². The zero-order valence-electron chi connectivity index (χ0n) is 16.1. The maximum absolute atomic E-state index is 12.2. The van der Waals surface area contributed by atoms with Crippen LogP contribution in [0.15, 0.2) is 42.9 Å². The Morgan fingerprint density at radius 3 is 2.78 bits per heavy atom. The van der Waals surface area contributed by atoms with E-state index in [0.717, 1.165) is 31.1 Å². The van der Waals surface area contributed by atoms with Crippen LogP contribution in [-0.4, -0.2) is 28.0 Å². The van der Waals surface area contributed by atoms with E-state index in [0.29, 0.717) is 6.42 Å². The van der Waals surface area contributed by atoms with Crippen molar-refractivity contribution in [1.82, 2.24) is 14.9 Å². The van der Waals surface area contributed by atoms with E-state index in [2.05, 4.69) is 22.4 Å². The van der Waals surface area contributed by atoms with Gasteiger partial charge in [0.05, 0.1) is 18.1 Å². The van der Waals surface area contributed by atoms with Crippen LogP contribution in [0.4, 0.5) is 0 Å². The SMILES string of the molecule is N[C@@H](Cc1cn(Cc2ccccc2)cn1)C(=O)NCCCC1CCCCC1. The van der Waals surface area contributed by atoms with Crippen LogP contribution in [0.2, 0.25) is 0 Å². The lowest BCUT2D eigenvalue weighted by Gasteiger charge is -2.21. The molecule has 1 aliphatic carbocycles. The third kappa shape index (κ3) is 6.51. The van der Waals surface area contributed by atoms with Gasteiger partial charge in [-0.1, -0.05) is 62.4 Å². The summed E-state index contributed by atoms with van der Waals surface area (Å²) in [4.78, 5) is 16.6. The molecule has 3 N–H and O–H groups in total. The first-order chi connectivity index (χ1) is 13.2. The molecule has 1 aromatic carbocycles. The maximum atomic E-state index is 12.2. The van der Waals surface area contributed by atoms with Crippen LogP contribution in [0.1, 0.15) is 56.2 Å². The Kier molecular flexibility index (Phi) is 7.45. The van der Waals surface area contributed by atoms with Gasteiger partial charge in [-0.3, -0.25) is 4.79 Å². The highest BCUT2D eigenvalue weighted by Gasteiger charge is 2.16. The summed E-state index contributed by atoms with van der Waals surface area (Å²) >= 11 is 0. The van der Waals surface area contributed by atoms with Crippen molar-refractivity contribution in [3.05, 3.63) is 54.1 Å². The van der Waals surface area contributed by atoms with E-state index in [9.17, 15) is 4.79 Å². The van der Waals surface area contributed by atoms with Crippen LogP contribution in [0, 0.1) is 5.92 Å². The molecule has 2 aromatic rings. The van der Waals surface area contributed by atoms with E-state index in [1.54, 1.807) is 6.33 Å². The summed E-state index contributed by atoms with van der Waals surface area (Å²) in [5, 5.41) is 2.99. The first kappa shape index (κ1) is 19.6.